The van der Waals surface area contributed by atoms with E-state index in [1.54, 1.807) is 17.7 Å². The zero-order chi connectivity index (χ0) is 21.4. The van der Waals surface area contributed by atoms with Crippen molar-refractivity contribution in [2.45, 2.75) is 24.7 Å². The van der Waals surface area contributed by atoms with Crippen LogP contribution >= 0.6 is 22.9 Å². The number of hydrogen-bond donors (Lipinski definition) is 4. The van der Waals surface area contributed by atoms with Crippen LogP contribution in [0, 0.1) is 17.8 Å². The summed E-state index contributed by atoms with van der Waals surface area (Å²) in [7, 11) is 3.21. The third-order valence-electron chi connectivity index (χ3n) is 5.12. The number of hydrogen-bond acceptors (Lipinski definition) is 8. The van der Waals surface area contributed by atoms with Gasteiger partial charge in [0.15, 0.2) is 17.0 Å². The van der Waals surface area contributed by atoms with Crippen LogP contribution in [-0.2, 0) is 4.79 Å². The number of carbonyl (C=O) groups is 1. The first-order chi connectivity index (χ1) is 14.4. The largest absolute Gasteiger partial charge is 0.390 e. The molecule has 4 atom stereocenters. The van der Waals surface area contributed by atoms with Crippen molar-refractivity contribution in [1.82, 2.24) is 24.8 Å². The predicted octanol–water partition coefficient (Wildman–Crippen LogP) is 1.01. The number of aromatic nitrogens is 4. The second-order valence-electron chi connectivity index (χ2n) is 6.83. The molecule has 4 unspecified atom stereocenters. The Kier molecular flexibility index (Phi) is 5.62. The van der Waals surface area contributed by atoms with Crippen molar-refractivity contribution < 1.29 is 15.0 Å². The lowest BCUT2D eigenvalue weighted by molar-refractivity contribution is -0.128. The third-order valence-corrected chi connectivity index (χ3v) is 6.27. The van der Waals surface area contributed by atoms with E-state index in [9.17, 15) is 15.0 Å². The Bertz CT molecular complexity index is 1170. The highest BCUT2D eigenvalue weighted by atomic mass is 35.5. The van der Waals surface area contributed by atoms with Crippen molar-refractivity contribution in [1.29, 1.82) is 0 Å². The van der Waals surface area contributed by atoms with E-state index in [0.717, 1.165) is 4.88 Å². The number of thiophene rings is 1. The van der Waals surface area contributed by atoms with Crippen LogP contribution < -0.4 is 10.6 Å². The zero-order valence-electron chi connectivity index (χ0n) is 16.1. The first-order valence-corrected chi connectivity index (χ1v) is 10.4. The smallest absolute Gasteiger partial charge is 0.225 e. The molecule has 3 aromatic heterocycles. The van der Waals surface area contributed by atoms with Gasteiger partial charge in [-0.3, -0.25) is 4.79 Å². The van der Waals surface area contributed by atoms with Crippen LogP contribution in [0.15, 0.2) is 18.5 Å². The van der Waals surface area contributed by atoms with Gasteiger partial charge in [0.1, 0.15) is 6.10 Å². The molecular weight excluding hydrogens is 428 g/mol. The molecule has 0 bridgehead atoms. The average Bonchev–Trinajstić information content (AvgIpc) is 3.43. The van der Waals surface area contributed by atoms with Gasteiger partial charge in [-0.2, -0.15) is 0 Å². The van der Waals surface area contributed by atoms with Gasteiger partial charge in [-0.05, 0) is 30.4 Å². The van der Waals surface area contributed by atoms with Crippen molar-refractivity contribution >= 4 is 45.8 Å². The fraction of sp³-hybridized carbons (Fsp3) is 0.368. The molecule has 1 fully saturated rings. The van der Waals surface area contributed by atoms with E-state index in [2.05, 4.69) is 37.4 Å². The van der Waals surface area contributed by atoms with E-state index in [4.69, 9.17) is 11.6 Å². The van der Waals surface area contributed by atoms with Crippen LogP contribution in [0.5, 0.6) is 0 Å². The molecule has 1 saturated carbocycles. The molecule has 0 spiro atoms. The summed E-state index contributed by atoms with van der Waals surface area (Å²) in [5.74, 6) is 5.63. The SMILES string of the molecule is CNC(=O)C1CC(n2cnc3c(NC)nc(C#Cc4ccc(Cl)s4)nc32)C(O)C1O. The van der Waals surface area contributed by atoms with Crippen molar-refractivity contribution in [3.05, 3.63) is 33.5 Å². The number of anilines is 1. The molecule has 3 heterocycles. The number of nitrogens with zero attached hydrogens (tertiary/aromatic N) is 4. The average molecular weight is 447 g/mol. The molecule has 0 aromatic carbocycles. The van der Waals surface area contributed by atoms with Crippen LogP contribution in [0.2, 0.25) is 4.34 Å². The maximum absolute atomic E-state index is 12.1. The quantitative estimate of drug-likeness (QED) is 0.442. The number of aliphatic hydroxyl groups excluding tert-OH is 2. The van der Waals surface area contributed by atoms with Crippen molar-refractivity contribution in [2.75, 3.05) is 19.4 Å². The van der Waals surface area contributed by atoms with Crippen LogP contribution in [0.1, 0.15) is 23.2 Å². The molecule has 1 aliphatic rings. The van der Waals surface area contributed by atoms with Crippen molar-refractivity contribution in [3.63, 3.8) is 0 Å². The molecule has 156 valence electrons. The maximum Gasteiger partial charge on any atom is 0.225 e. The Hall–Kier alpha value is -2.71. The van der Waals surface area contributed by atoms with Crippen molar-refractivity contribution in [2.24, 2.45) is 5.92 Å². The van der Waals surface area contributed by atoms with Crippen LogP contribution in [0.4, 0.5) is 5.82 Å². The fourth-order valence-corrected chi connectivity index (χ4v) is 4.52. The number of amides is 1. The number of halogens is 1. The molecule has 4 N–H and O–H groups in total. The first kappa shape index (κ1) is 20.6. The van der Waals surface area contributed by atoms with E-state index in [1.807, 2.05) is 6.07 Å². The topological polar surface area (TPSA) is 125 Å². The molecule has 4 rings (SSSR count). The second kappa shape index (κ2) is 8.20. The summed E-state index contributed by atoms with van der Waals surface area (Å²) in [4.78, 5) is 26.1. The summed E-state index contributed by atoms with van der Waals surface area (Å²) in [6.07, 6.45) is -0.536. The highest BCUT2D eigenvalue weighted by Gasteiger charge is 2.46. The van der Waals surface area contributed by atoms with E-state index in [1.165, 1.54) is 24.7 Å². The second-order valence-corrected chi connectivity index (χ2v) is 8.54. The lowest BCUT2D eigenvalue weighted by Crippen LogP contribution is -2.36. The van der Waals surface area contributed by atoms with E-state index in [-0.39, 0.29) is 18.2 Å². The van der Waals surface area contributed by atoms with Gasteiger partial charge in [0, 0.05) is 14.1 Å². The van der Waals surface area contributed by atoms with E-state index < -0.39 is 24.2 Å². The summed E-state index contributed by atoms with van der Waals surface area (Å²) in [6, 6.07) is 3.02. The van der Waals surface area contributed by atoms with Crippen LogP contribution in [-0.4, -0.2) is 61.9 Å². The van der Waals surface area contributed by atoms with Gasteiger partial charge in [0.05, 0.1) is 33.6 Å². The molecule has 0 saturated heterocycles. The number of aliphatic hydroxyl groups is 2. The molecule has 9 nitrogen and oxygen atoms in total. The van der Waals surface area contributed by atoms with Gasteiger partial charge < -0.3 is 25.4 Å². The summed E-state index contributed by atoms with van der Waals surface area (Å²) in [6.45, 7) is 0. The Balaban J connectivity index is 1.75. The number of carbonyl (C=O) groups excluding carboxylic acids is 1. The molecule has 1 amide bonds. The molecule has 30 heavy (non-hydrogen) atoms. The van der Waals surface area contributed by atoms with Gasteiger partial charge in [-0.1, -0.05) is 11.6 Å². The summed E-state index contributed by atoms with van der Waals surface area (Å²) >= 11 is 7.30. The lowest BCUT2D eigenvalue weighted by Gasteiger charge is -2.18. The third kappa shape index (κ3) is 3.61. The van der Waals surface area contributed by atoms with Gasteiger partial charge in [0.25, 0.3) is 0 Å². The highest BCUT2D eigenvalue weighted by Crippen LogP contribution is 2.37. The Labute approximate surface area is 181 Å². The molecule has 3 aromatic rings. The zero-order valence-corrected chi connectivity index (χ0v) is 17.7. The molecule has 0 radical (unpaired) electrons. The minimum absolute atomic E-state index is 0.251. The highest BCUT2D eigenvalue weighted by molar-refractivity contribution is 7.16. The summed E-state index contributed by atoms with van der Waals surface area (Å²) in [5.41, 5.74) is 0.962. The fourth-order valence-electron chi connectivity index (χ4n) is 3.62. The number of fused-ring (bicyclic) bond motifs is 1. The van der Waals surface area contributed by atoms with E-state index >= 15 is 0 Å². The predicted molar refractivity (Wildman–Crippen MR) is 113 cm³/mol. The molecule has 0 aliphatic heterocycles. The standard InChI is InChI=1S/C19H19ClN6O3S/c1-21-17-14-18(25-13(24-17)6-4-9-3-5-12(20)30-9)26(8-23-14)11-7-10(19(29)22-2)15(27)16(11)28/h3,5,8,10-11,15-16,27-28H,7H2,1-2H3,(H,22,29)(H,21,24,25). The minimum atomic E-state index is -1.18. The Morgan fingerprint density at radius 1 is 1.27 bits per heavy atom. The van der Waals surface area contributed by atoms with Crippen LogP contribution in [0.3, 0.4) is 0 Å². The Morgan fingerprint density at radius 2 is 2.07 bits per heavy atom. The Morgan fingerprint density at radius 3 is 2.73 bits per heavy atom. The number of nitrogens with one attached hydrogen (secondary N) is 2. The van der Waals surface area contributed by atoms with Gasteiger partial charge in [0.2, 0.25) is 11.7 Å². The van der Waals surface area contributed by atoms with Crippen molar-refractivity contribution in [3.8, 4) is 11.8 Å². The lowest BCUT2D eigenvalue weighted by atomic mass is 10.1. The first-order valence-electron chi connectivity index (χ1n) is 9.20. The monoisotopic (exact) mass is 446 g/mol. The normalized spacial score (nSPS) is 23.2. The van der Waals surface area contributed by atoms with E-state index in [0.29, 0.717) is 21.3 Å². The van der Waals surface area contributed by atoms with Crippen LogP contribution in [0.25, 0.3) is 11.2 Å². The molecular formula is C19H19ClN6O3S. The summed E-state index contributed by atoms with van der Waals surface area (Å²) in [5, 5.41) is 26.4. The maximum atomic E-state index is 12.1. The summed E-state index contributed by atoms with van der Waals surface area (Å²) < 4.78 is 2.31. The van der Waals surface area contributed by atoms with Gasteiger partial charge in [-0.25, -0.2) is 15.0 Å². The number of rotatable bonds is 3. The minimum Gasteiger partial charge on any atom is -0.390 e. The van der Waals surface area contributed by atoms with Gasteiger partial charge >= 0.3 is 0 Å². The molecule has 11 heteroatoms. The molecule has 1 aliphatic carbocycles. The number of imidazole rings is 1. The van der Waals surface area contributed by atoms with Gasteiger partial charge in [-0.15, -0.1) is 11.3 Å².